The Kier molecular flexibility index (Phi) is 4.04. The number of hydrogen-bond acceptors (Lipinski definition) is 2. The van der Waals surface area contributed by atoms with Crippen LogP contribution in [0.15, 0.2) is 59.9 Å². The van der Waals surface area contributed by atoms with E-state index in [9.17, 15) is 4.79 Å². The zero-order chi connectivity index (χ0) is 9.36. The molecule has 0 fully saturated rings. The molecule has 66 valence electrons. The van der Waals surface area contributed by atoms with Crippen molar-refractivity contribution in [2.24, 2.45) is 0 Å². The number of nitrogens with one attached hydrogen (secondary N) is 1. The fourth-order valence-electron chi connectivity index (χ4n) is 0.684. The van der Waals surface area contributed by atoms with Crippen LogP contribution >= 0.6 is 0 Å². The van der Waals surface area contributed by atoms with Gasteiger partial charge in [-0.3, -0.25) is 9.78 Å². The Morgan fingerprint density at radius 2 is 1.62 bits per heavy atom. The highest BCUT2D eigenvalue weighted by Crippen LogP contribution is 1.73. The summed E-state index contributed by atoms with van der Waals surface area (Å²) in [7, 11) is 0. The minimum Gasteiger partial charge on any atom is -0.367 e. The van der Waals surface area contributed by atoms with Gasteiger partial charge in [0.1, 0.15) is 0 Å². The SMILES string of the molecule is O=c1cc[nH]cc1.c1ccncc1. The van der Waals surface area contributed by atoms with E-state index in [1.165, 1.54) is 12.1 Å². The number of hydrogen-bond donors (Lipinski definition) is 1. The second kappa shape index (κ2) is 5.71. The first-order valence-corrected chi connectivity index (χ1v) is 3.88. The van der Waals surface area contributed by atoms with E-state index in [2.05, 4.69) is 9.97 Å². The molecule has 0 aromatic carbocycles. The van der Waals surface area contributed by atoms with E-state index < -0.39 is 0 Å². The fraction of sp³-hybridized carbons (Fsp3) is 0. The summed E-state index contributed by atoms with van der Waals surface area (Å²) in [6.45, 7) is 0. The van der Waals surface area contributed by atoms with E-state index >= 15 is 0 Å². The van der Waals surface area contributed by atoms with Crippen molar-refractivity contribution in [3.8, 4) is 0 Å². The first kappa shape index (κ1) is 9.19. The second-order valence-electron chi connectivity index (χ2n) is 2.26. The standard InChI is InChI=1S/C5H5NO.C5H5N/c7-5-1-3-6-4-2-5;1-2-4-6-5-3-1/h1-4H,(H,6,7);1-5H. The first-order chi connectivity index (χ1) is 6.39. The molecular weight excluding hydrogens is 164 g/mol. The molecule has 3 nitrogen and oxygen atoms in total. The van der Waals surface area contributed by atoms with E-state index in [1.807, 2.05) is 18.2 Å². The van der Waals surface area contributed by atoms with E-state index in [-0.39, 0.29) is 5.43 Å². The zero-order valence-electron chi connectivity index (χ0n) is 7.05. The van der Waals surface area contributed by atoms with Crippen molar-refractivity contribution in [3.05, 3.63) is 65.3 Å². The van der Waals surface area contributed by atoms with Crippen LogP contribution in [0.25, 0.3) is 0 Å². The molecule has 3 heteroatoms. The first-order valence-electron chi connectivity index (χ1n) is 3.88. The predicted octanol–water partition coefficient (Wildman–Crippen LogP) is 1.46. The average Bonchev–Trinajstić information content (AvgIpc) is 2.22. The van der Waals surface area contributed by atoms with Gasteiger partial charge in [-0.1, -0.05) is 6.07 Å². The maximum Gasteiger partial charge on any atom is 0.181 e. The van der Waals surface area contributed by atoms with Crippen LogP contribution in [0, 0.1) is 0 Å². The van der Waals surface area contributed by atoms with Gasteiger partial charge in [0, 0.05) is 36.9 Å². The highest BCUT2D eigenvalue weighted by molar-refractivity contribution is 4.90. The summed E-state index contributed by atoms with van der Waals surface area (Å²) < 4.78 is 0. The average molecular weight is 174 g/mol. The third-order valence-electron chi connectivity index (χ3n) is 1.25. The lowest BCUT2D eigenvalue weighted by Gasteiger charge is -1.73. The van der Waals surface area contributed by atoms with Gasteiger partial charge < -0.3 is 4.98 Å². The highest BCUT2D eigenvalue weighted by Gasteiger charge is 1.70. The van der Waals surface area contributed by atoms with Crippen LogP contribution in [0.2, 0.25) is 0 Å². The van der Waals surface area contributed by atoms with Crippen molar-refractivity contribution < 1.29 is 0 Å². The molecule has 0 saturated heterocycles. The normalized spacial score (nSPS) is 8.31. The Labute approximate surface area is 76.1 Å². The van der Waals surface area contributed by atoms with Crippen molar-refractivity contribution in [2.45, 2.75) is 0 Å². The Hall–Kier alpha value is -1.90. The molecule has 2 rings (SSSR count). The van der Waals surface area contributed by atoms with Gasteiger partial charge in [-0.25, -0.2) is 0 Å². The molecule has 0 radical (unpaired) electrons. The number of rotatable bonds is 0. The lowest BCUT2D eigenvalue weighted by Crippen LogP contribution is -1.92. The van der Waals surface area contributed by atoms with Gasteiger partial charge in [0.25, 0.3) is 0 Å². The predicted molar refractivity (Wildman–Crippen MR) is 51.3 cm³/mol. The molecule has 0 aliphatic rings. The molecule has 2 aromatic heterocycles. The minimum atomic E-state index is 0.0405. The molecule has 0 aliphatic carbocycles. The molecule has 2 heterocycles. The van der Waals surface area contributed by atoms with Crippen LogP contribution in [-0.4, -0.2) is 9.97 Å². The third-order valence-corrected chi connectivity index (χ3v) is 1.25. The van der Waals surface area contributed by atoms with Gasteiger partial charge in [-0.2, -0.15) is 0 Å². The van der Waals surface area contributed by atoms with E-state index in [4.69, 9.17) is 0 Å². The monoisotopic (exact) mass is 174 g/mol. The lowest BCUT2D eigenvalue weighted by atomic mass is 10.5. The lowest BCUT2D eigenvalue weighted by molar-refractivity contribution is 1.31. The second-order valence-corrected chi connectivity index (χ2v) is 2.26. The fourth-order valence-corrected chi connectivity index (χ4v) is 0.684. The van der Waals surface area contributed by atoms with E-state index in [1.54, 1.807) is 24.8 Å². The zero-order valence-corrected chi connectivity index (χ0v) is 7.05. The van der Waals surface area contributed by atoms with Gasteiger partial charge in [0.15, 0.2) is 5.43 Å². The topological polar surface area (TPSA) is 45.8 Å². The molecule has 13 heavy (non-hydrogen) atoms. The number of pyridine rings is 2. The van der Waals surface area contributed by atoms with Crippen LogP contribution in [0.4, 0.5) is 0 Å². The Morgan fingerprint density at radius 3 is 1.85 bits per heavy atom. The largest absolute Gasteiger partial charge is 0.367 e. The molecular formula is C10H10N2O. The van der Waals surface area contributed by atoms with Gasteiger partial charge in [0.2, 0.25) is 0 Å². The Morgan fingerprint density at radius 1 is 1.00 bits per heavy atom. The van der Waals surface area contributed by atoms with Crippen molar-refractivity contribution in [3.63, 3.8) is 0 Å². The van der Waals surface area contributed by atoms with Crippen LogP contribution in [-0.2, 0) is 0 Å². The van der Waals surface area contributed by atoms with Crippen molar-refractivity contribution in [2.75, 3.05) is 0 Å². The number of H-pyrrole nitrogens is 1. The maximum atomic E-state index is 10.2. The minimum absolute atomic E-state index is 0.0405. The Balaban J connectivity index is 0.000000132. The summed E-state index contributed by atoms with van der Waals surface area (Å²) in [5, 5.41) is 0. The quantitative estimate of drug-likeness (QED) is 0.657. The highest BCUT2D eigenvalue weighted by atomic mass is 16.1. The third kappa shape index (κ3) is 4.53. The van der Waals surface area contributed by atoms with Crippen LogP contribution < -0.4 is 5.43 Å². The molecule has 0 saturated carbocycles. The van der Waals surface area contributed by atoms with Crippen molar-refractivity contribution >= 4 is 0 Å². The molecule has 0 unspecified atom stereocenters. The van der Waals surface area contributed by atoms with Crippen molar-refractivity contribution in [1.29, 1.82) is 0 Å². The maximum absolute atomic E-state index is 10.2. The molecule has 0 bridgehead atoms. The van der Waals surface area contributed by atoms with Crippen LogP contribution in [0.5, 0.6) is 0 Å². The summed E-state index contributed by atoms with van der Waals surface area (Å²) in [6, 6.07) is 8.66. The summed E-state index contributed by atoms with van der Waals surface area (Å²) in [4.78, 5) is 16.8. The number of aromatic nitrogens is 2. The summed E-state index contributed by atoms with van der Waals surface area (Å²) in [5.74, 6) is 0. The molecule has 1 N–H and O–H groups in total. The Bertz CT molecular complexity index is 326. The van der Waals surface area contributed by atoms with Gasteiger partial charge in [0.05, 0.1) is 0 Å². The van der Waals surface area contributed by atoms with Crippen LogP contribution in [0.1, 0.15) is 0 Å². The smallest absolute Gasteiger partial charge is 0.181 e. The van der Waals surface area contributed by atoms with Gasteiger partial charge >= 0.3 is 0 Å². The van der Waals surface area contributed by atoms with Crippen LogP contribution in [0.3, 0.4) is 0 Å². The van der Waals surface area contributed by atoms with Crippen molar-refractivity contribution in [1.82, 2.24) is 9.97 Å². The molecule has 0 aliphatic heterocycles. The molecule has 0 amide bonds. The van der Waals surface area contributed by atoms with Gasteiger partial charge in [-0.15, -0.1) is 0 Å². The molecule has 2 aromatic rings. The molecule has 0 spiro atoms. The summed E-state index contributed by atoms with van der Waals surface area (Å²) >= 11 is 0. The van der Waals surface area contributed by atoms with Gasteiger partial charge in [-0.05, 0) is 12.1 Å². The number of aromatic amines is 1. The molecule has 0 atom stereocenters. The van der Waals surface area contributed by atoms with E-state index in [0.717, 1.165) is 0 Å². The summed E-state index contributed by atoms with van der Waals surface area (Å²) in [5.41, 5.74) is 0.0405. The van der Waals surface area contributed by atoms with E-state index in [0.29, 0.717) is 0 Å². The number of nitrogens with zero attached hydrogens (tertiary/aromatic N) is 1. The summed E-state index contributed by atoms with van der Waals surface area (Å²) in [6.07, 6.45) is 6.70.